The SMILES string of the molecule is C#CCCCOc1ccc(CO)cc1F. The van der Waals surface area contributed by atoms with Crippen molar-refractivity contribution in [2.24, 2.45) is 0 Å². The maximum Gasteiger partial charge on any atom is 0.165 e. The molecule has 0 aliphatic heterocycles. The van der Waals surface area contributed by atoms with Crippen molar-refractivity contribution in [2.75, 3.05) is 6.61 Å². The summed E-state index contributed by atoms with van der Waals surface area (Å²) in [6, 6.07) is 4.40. The first-order valence-corrected chi connectivity index (χ1v) is 4.73. The molecule has 0 heterocycles. The zero-order valence-corrected chi connectivity index (χ0v) is 8.37. The number of halogens is 1. The van der Waals surface area contributed by atoms with Gasteiger partial charge >= 0.3 is 0 Å². The molecule has 0 aromatic heterocycles. The first kappa shape index (κ1) is 11.5. The second-order valence-corrected chi connectivity index (χ2v) is 3.08. The number of terminal acetylenes is 1. The summed E-state index contributed by atoms with van der Waals surface area (Å²) in [5.41, 5.74) is 0.531. The highest BCUT2D eigenvalue weighted by Gasteiger charge is 2.03. The summed E-state index contributed by atoms with van der Waals surface area (Å²) in [6.07, 6.45) is 6.40. The summed E-state index contributed by atoms with van der Waals surface area (Å²) < 4.78 is 18.5. The molecule has 80 valence electrons. The van der Waals surface area contributed by atoms with Crippen LogP contribution in [0.1, 0.15) is 18.4 Å². The highest BCUT2D eigenvalue weighted by Crippen LogP contribution is 2.18. The van der Waals surface area contributed by atoms with Crippen LogP contribution in [0.25, 0.3) is 0 Å². The molecule has 0 bridgehead atoms. The Kier molecular flexibility index (Phi) is 4.65. The molecule has 0 radical (unpaired) electrons. The zero-order chi connectivity index (χ0) is 11.1. The fraction of sp³-hybridized carbons (Fsp3) is 0.333. The van der Waals surface area contributed by atoms with E-state index in [1.807, 2.05) is 0 Å². The molecule has 0 aliphatic carbocycles. The smallest absolute Gasteiger partial charge is 0.165 e. The number of aliphatic hydroxyl groups is 1. The lowest BCUT2D eigenvalue weighted by atomic mass is 10.2. The largest absolute Gasteiger partial charge is 0.490 e. The minimum atomic E-state index is -0.456. The summed E-state index contributed by atoms with van der Waals surface area (Å²) in [6.45, 7) is 0.230. The number of aliphatic hydroxyl groups excluding tert-OH is 1. The Morgan fingerprint density at radius 2 is 2.27 bits per heavy atom. The highest BCUT2D eigenvalue weighted by molar-refractivity contribution is 5.28. The van der Waals surface area contributed by atoms with Crippen LogP contribution in [0, 0.1) is 18.2 Å². The van der Waals surface area contributed by atoms with Gasteiger partial charge in [0.25, 0.3) is 0 Å². The van der Waals surface area contributed by atoms with Crippen LogP contribution in [0.15, 0.2) is 18.2 Å². The van der Waals surface area contributed by atoms with Crippen molar-refractivity contribution in [3.63, 3.8) is 0 Å². The number of rotatable bonds is 5. The van der Waals surface area contributed by atoms with E-state index in [0.717, 1.165) is 0 Å². The van der Waals surface area contributed by atoms with Gasteiger partial charge < -0.3 is 9.84 Å². The molecular formula is C12H13FO2. The van der Waals surface area contributed by atoms with Gasteiger partial charge in [-0.1, -0.05) is 6.07 Å². The molecule has 0 aliphatic rings. The van der Waals surface area contributed by atoms with Gasteiger partial charge in [-0.2, -0.15) is 0 Å². The van der Waals surface area contributed by atoms with Gasteiger partial charge in [-0.25, -0.2) is 4.39 Å². The van der Waals surface area contributed by atoms with Crippen LogP contribution >= 0.6 is 0 Å². The normalized spacial score (nSPS) is 9.67. The maximum atomic E-state index is 13.3. The standard InChI is InChI=1S/C12H13FO2/c1-2-3-4-7-15-12-6-5-10(9-14)8-11(12)13/h1,5-6,8,14H,3-4,7,9H2. The van der Waals surface area contributed by atoms with Crippen molar-refractivity contribution >= 4 is 0 Å². The van der Waals surface area contributed by atoms with Gasteiger partial charge in [0.1, 0.15) is 0 Å². The van der Waals surface area contributed by atoms with Crippen LogP contribution in [0.5, 0.6) is 5.75 Å². The van der Waals surface area contributed by atoms with E-state index in [2.05, 4.69) is 5.92 Å². The summed E-state index contributed by atoms with van der Waals surface area (Å²) in [5.74, 6) is 2.22. The first-order chi connectivity index (χ1) is 7.27. The van der Waals surface area contributed by atoms with Crippen LogP contribution in [0.3, 0.4) is 0 Å². The Hall–Kier alpha value is -1.53. The molecule has 3 heteroatoms. The number of hydrogen-bond donors (Lipinski definition) is 1. The summed E-state index contributed by atoms with van der Waals surface area (Å²) in [7, 11) is 0. The zero-order valence-electron chi connectivity index (χ0n) is 8.37. The van der Waals surface area contributed by atoms with Crippen LogP contribution in [-0.2, 0) is 6.61 Å². The van der Waals surface area contributed by atoms with E-state index in [1.165, 1.54) is 12.1 Å². The molecule has 0 fully saturated rings. The second kappa shape index (κ2) is 6.05. The quantitative estimate of drug-likeness (QED) is 0.593. The fourth-order valence-electron chi connectivity index (χ4n) is 1.12. The topological polar surface area (TPSA) is 29.5 Å². The monoisotopic (exact) mass is 208 g/mol. The van der Waals surface area contributed by atoms with Crippen molar-refractivity contribution in [2.45, 2.75) is 19.4 Å². The van der Waals surface area contributed by atoms with Crippen molar-refractivity contribution in [3.05, 3.63) is 29.6 Å². The summed E-state index contributed by atoms with van der Waals surface area (Å²) in [4.78, 5) is 0. The van der Waals surface area contributed by atoms with E-state index in [4.69, 9.17) is 16.3 Å². The third kappa shape index (κ3) is 3.61. The molecule has 0 saturated carbocycles. The molecule has 1 rings (SSSR count). The lowest BCUT2D eigenvalue weighted by Gasteiger charge is -2.06. The molecule has 1 aromatic rings. The highest BCUT2D eigenvalue weighted by atomic mass is 19.1. The van der Waals surface area contributed by atoms with E-state index < -0.39 is 5.82 Å². The van der Waals surface area contributed by atoms with E-state index >= 15 is 0 Å². The Morgan fingerprint density at radius 1 is 1.47 bits per heavy atom. The molecular weight excluding hydrogens is 195 g/mol. The summed E-state index contributed by atoms with van der Waals surface area (Å²) in [5, 5.41) is 8.77. The average Bonchev–Trinajstić information content (AvgIpc) is 2.26. The minimum absolute atomic E-state index is 0.172. The van der Waals surface area contributed by atoms with Gasteiger partial charge in [0.2, 0.25) is 0 Å². The van der Waals surface area contributed by atoms with Crippen LogP contribution in [-0.4, -0.2) is 11.7 Å². The number of ether oxygens (including phenoxy) is 1. The molecule has 15 heavy (non-hydrogen) atoms. The average molecular weight is 208 g/mol. The van der Waals surface area contributed by atoms with Crippen LogP contribution in [0.2, 0.25) is 0 Å². The Bertz CT molecular complexity index is 355. The van der Waals surface area contributed by atoms with Gasteiger partial charge in [0, 0.05) is 6.42 Å². The van der Waals surface area contributed by atoms with E-state index in [9.17, 15) is 4.39 Å². The van der Waals surface area contributed by atoms with Crippen molar-refractivity contribution in [3.8, 4) is 18.1 Å². The maximum absolute atomic E-state index is 13.3. The number of benzene rings is 1. The number of unbranched alkanes of at least 4 members (excludes halogenated alkanes) is 1. The third-order valence-electron chi connectivity index (χ3n) is 1.90. The van der Waals surface area contributed by atoms with Gasteiger partial charge in [-0.3, -0.25) is 0 Å². The molecule has 0 amide bonds. The molecule has 0 unspecified atom stereocenters. The van der Waals surface area contributed by atoms with Gasteiger partial charge in [0.15, 0.2) is 11.6 Å². The molecule has 1 aromatic carbocycles. The third-order valence-corrected chi connectivity index (χ3v) is 1.90. The Morgan fingerprint density at radius 3 is 2.87 bits per heavy atom. The molecule has 2 nitrogen and oxygen atoms in total. The lowest BCUT2D eigenvalue weighted by Crippen LogP contribution is -1.99. The van der Waals surface area contributed by atoms with Crippen molar-refractivity contribution < 1.29 is 14.2 Å². The lowest BCUT2D eigenvalue weighted by molar-refractivity contribution is 0.278. The van der Waals surface area contributed by atoms with Crippen molar-refractivity contribution in [1.29, 1.82) is 0 Å². The second-order valence-electron chi connectivity index (χ2n) is 3.08. The van der Waals surface area contributed by atoms with E-state index in [1.54, 1.807) is 6.07 Å². The van der Waals surface area contributed by atoms with Gasteiger partial charge in [-0.05, 0) is 24.1 Å². The van der Waals surface area contributed by atoms with E-state index in [0.29, 0.717) is 25.0 Å². The van der Waals surface area contributed by atoms with Gasteiger partial charge in [-0.15, -0.1) is 12.3 Å². The molecule has 0 spiro atoms. The number of hydrogen-bond acceptors (Lipinski definition) is 2. The predicted molar refractivity (Wildman–Crippen MR) is 55.9 cm³/mol. The van der Waals surface area contributed by atoms with Crippen LogP contribution < -0.4 is 4.74 Å². The fourth-order valence-corrected chi connectivity index (χ4v) is 1.12. The summed E-state index contributed by atoms with van der Waals surface area (Å²) >= 11 is 0. The predicted octanol–water partition coefficient (Wildman–Crippen LogP) is 2.11. The van der Waals surface area contributed by atoms with Gasteiger partial charge in [0.05, 0.1) is 13.2 Å². The first-order valence-electron chi connectivity index (χ1n) is 4.73. The van der Waals surface area contributed by atoms with Crippen molar-refractivity contribution in [1.82, 2.24) is 0 Å². The molecule has 1 N–H and O–H groups in total. The molecule has 0 saturated heterocycles. The van der Waals surface area contributed by atoms with E-state index in [-0.39, 0.29) is 12.4 Å². The Balaban J connectivity index is 2.51. The molecule has 0 atom stereocenters. The Labute approximate surface area is 88.7 Å². The van der Waals surface area contributed by atoms with Crippen LogP contribution in [0.4, 0.5) is 4.39 Å². The minimum Gasteiger partial charge on any atom is -0.490 e.